The smallest absolute Gasteiger partial charge is 0.277 e. The molecule has 1 fully saturated rings. The van der Waals surface area contributed by atoms with Gasteiger partial charge < -0.3 is 5.32 Å². The first-order valence-corrected chi connectivity index (χ1v) is 10.3. The van der Waals surface area contributed by atoms with Crippen LogP contribution in [0.15, 0.2) is 28.4 Å². The fourth-order valence-corrected chi connectivity index (χ4v) is 4.86. The number of hydrogen-bond donors (Lipinski definition) is 2. The molecule has 1 atom stereocenters. The standard InChI is InChI=1S/C19H23N5OS/c25-19-14-12-23(11-13-4-3-9-26-13)8-6-15(14)21-18-10-17(22-24(18)19)16-5-1-2-7-20-16/h3-4,9-10,16,20,22H,1-2,5-8,11-12H2/t16-/m0/s1. The molecule has 0 amide bonds. The van der Waals surface area contributed by atoms with Gasteiger partial charge in [0, 0.05) is 43.0 Å². The molecule has 0 bridgehead atoms. The number of piperidine rings is 1. The Balaban J connectivity index is 1.46. The molecule has 3 aromatic heterocycles. The summed E-state index contributed by atoms with van der Waals surface area (Å²) in [5.74, 6) is 0. The first kappa shape index (κ1) is 16.2. The van der Waals surface area contributed by atoms with Crippen LogP contribution in [0.5, 0.6) is 0 Å². The summed E-state index contributed by atoms with van der Waals surface area (Å²) < 4.78 is 1.64. The highest BCUT2D eigenvalue weighted by atomic mass is 32.1. The SMILES string of the molecule is O=c1c2c(nc3cc([C@@H]4CCCCN4)[nH]n13)CCN(Cc1cccs1)C2. The fourth-order valence-electron chi connectivity index (χ4n) is 4.11. The highest BCUT2D eigenvalue weighted by molar-refractivity contribution is 7.09. The molecule has 2 N–H and O–H groups in total. The van der Waals surface area contributed by atoms with Crippen LogP contribution in [0.25, 0.3) is 5.65 Å². The topological polar surface area (TPSA) is 65.4 Å². The van der Waals surface area contributed by atoms with E-state index < -0.39 is 0 Å². The minimum Gasteiger partial charge on any atom is -0.309 e. The Hall–Kier alpha value is -1.96. The third-order valence-corrected chi connectivity index (χ3v) is 6.37. The number of rotatable bonds is 3. The summed E-state index contributed by atoms with van der Waals surface area (Å²) in [6, 6.07) is 6.58. The van der Waals surface area contributed by atoms with Gasteiger partial charge in [0.25, 0.3) is 5.56 Å². The second-order valence-corrected chi connectivity index (χ2v) is 8.32. The quantitative estimate of drug-likeness (QED) is 0.744. The van der Waals surface area contributed by atoms with Crippen LogP contribution in [-0.4, -0.2) is 32.6 Å². The van der Waals surface area contributed by atoms with Crippen LogP contribution in [-0.2, 0) is 19.5 Å². The van der Waals surface area contributed by atoms with Crippen LogP contribution in [0, 0.1) is 0 Å². The van der Waals surface area contributed by atoms with E-state index in [9.17, 15) is 4.79 Å². The van der Waals surface area contributed by atoms with Crippen molar-refractivity contribution < 1.29 is 0 Å². The number of nitrogens with zero attached hydrogens (tertiary/aromatic N) is 3. The molecule has 0 spiro atoms. The van der Waals surface area contributed by atoms with Gasteiger partial charge >= 0.3 is 0 Å². The van der Waals surface area contributed by atoms with Gasteiger partial charge in [0.15, 0.2) is 5.65 Å². The maximum absolute atomic E-state index is 13.1. The fraction of sp³-hybridized carbons (Fsp3) is 0.474. The summed E-state index contributed by atoms with van der Waals surface area (Å²) in [4.78, 5) is 21.6. The van der Waals surface area contributed by atoms with Crippen molar-refractivity contribution in [2.24, 2.45) is 0 Å². The van der Waals surface area contributed by atoms with Crippen molar-refractivity contribution in [2.45, 2.75) is 44.8 Å². The predicted octanol–water partition coefficient (Wildman–Crippen LogP) is 2.46. The van der Waals surface area contributed by atoms with Crippen molar-refractivity contribution in [1.29, 1.82) is 0 Å². The van der Waals surface area contributed by atoms with Crippen molar-refractivity contribution in [3.63, 3.8) is 0 Å². The number of aromatic amines is 1. The first-order valence-electron chi connectivity index (χ1n) is 9.39. The molecule has 7 heteroatoms. The van der Waals surface area contributed by atoms with Gasteiger partial charge in [-0.3, -0.25) is 14.8 Å². The molecule has 6 nitrogen and oxygen atoms in total. The Bertz CT molecular complexity index is 968. The second kappa shape index (κ2) is 6.64. The summed E-state index contributed by atoms with van der Waals surface area (Å²) >= 11 is 1.77. The highest BCUT2D eigenvalue weighted by Gasteiger charge is 2.24. The van der Waals surface area contributed by atoms with Gasteiger partial charge in [-0.15, -0.1) is 11.3 Å². The van der Waals surface area contributed by atoms with Crippen LogP contribution >= 0.6 is 11.3 Å². The van der Waals surface area contributed by atoms with Gasteiger partial charge in [0.2, 0.25) is 0 Å². The zero-order valence-corrected chi connectivity index (χ0v) is 15.5. The minimum absolute atomic E-state index is 0.0583. The normalized spacial score (nSPS) is 21.2. The van der Waals surface area contributed by atoms with Crippen LogP contribution in [0.2, 0.25) is 0 Å². The molecule has 5 heterocycles. The molecular weight excluding hydrogens is 346 g/mol. The van der Waals surface area contributed by atoms with E-state index in [1.54, 1.807) is 15.9 Å². The van der Waals surface area contributed by atoms with Crippen molar-refractivity contribution >= 4 is 17.0 Å². The Morgan fingerprint density at radius 2 is 2.31 bits per heavy atom. The highest BCUT2D eigenvalue weighted by Crippen LogP contribution is 2.23. The minimum atomic E-state index is 0.0583. The third-order valence-electron chi connectivity index (χ3n) is 5.51. The van der Waals surface area contributed by atoms with Crippen LogP contribution in [0.3, 0.4) is 0 Å². The molecular formula is C19H23N5OS. The maximum atomic E-state index is 13.1. The number of nitrogens with one attached hydrogen (secondary N) is 2. The lowest BCUT2D eigenvalue weighted by molar-refractivity contribution is 0.243. The van der Waals surface area contributed by atoms with Gasteiger partial charge in [-0.25, -0.2) is 9.50 Å². The zero-order chi connectivity index (χ0) is 17.5. The number of hydrogen-bond acceptors (Lipinski definition) is 5. The Kier molecular flexibility index (Phi) is 4.15. The van der Waals surface area contributed by atoms with E-state index in [1.165, 1.54) is 17.7 Å². The molecule has 0 saturated carbocycles. The van der Waals surface area contributed by atoms with E-state index in [0.717, 1.165) is 55.1 Å². The molecule has 2 aliphatic heterocycles. The van der Waals surface area contributed by atoms with Gasteiger partial charge in [-0.05, 0) is 30.8 Å². The van der Waals surface area contributed by atoms with Crippen molar-refractivity contribution in [2.75, 3.05) is 13.1 Å². The molecule has 136 valence electrons. The van der Waals surface area contributed by atoms with Crippen molar-refractivity contribution in [1.82, 2.24) is 24.8 Å². The van der Waals surface area contributed by atoms with E-state index in [-0.39, 0.29) is 5.56 Å². The first-order chi connectivity index (χ1) is 12.8. The van der Waals surface area contributed by atoms with Gasteiger partial charge in [-0.2, -0.15) is 0 Å². The summed E-state index contributed by atoms with van der Waals surface area (Å²) in [5, 5.41) is 8.95. The molecule has 0 aliphatic carbocycles. The Morgan fingerprint density at radius 1 is 1.35 bits per heavy atom. The number of fused-ring (bicyclic) bond motifs is 2. The predicted molar refractivity (Wildman–Crippen MR) is 103 cm³/mol. The maximum Gasteiger partial charge on any atom is 0.277 e. The van der Waals surface area contributed by atoms with Gasteiger partial charge in [0.1, 0.15) is 0 Å². The third kappa shape index (κ3) is 2.90. The summed E-state index contributed by atoms with van der Waals surface area (Å²) in [7, 11) is 0. The molecule has 3 aromatic rings. The van der Waals surface area contributed by atoms with Gasteiger partial charge in [-0.1, -0.05) is 12.5 Å². The molecule has 2 aliphatic rings. The van der Waals surface area contributed by atoms with Crippen molar-refractivity contribution in [3.05, 3.63) is 55.8 Å². The number of H-pyrrole nitrogens is 1. The monoisotopic (exact) mass is 369 g/mol. The van der Waals surface area contributed by atoms with E-state index >= 15 is 0 Å². The molecule has 0 aromatic carbocycles. The van der Waals surface area contributed by atoms with E-state index in [1.807, 2.05) is 6.07 Å². The average molecular weight is 369 g/mol. The van der Waals surface area contributed by atoms with Crippen LogP contribution < -0.4 is 10.9 Å². The molecule has 1 saturated heterocycles. The Labute approximate surface area is 155 Å². The lowest BCUT2D eigenvalue weighted by Gasteiger charge is -2.27. The average Bonchev–Trinajstić information content (AvgIpc) is 3.33. The van der Waals surface area contributed by atoms with Gasteiger partial charge in [0.05, 0.1) is 17.0 Å². The largest absolute Gasteiger partial charge is 0.309 e. The summed E-state index contributed by atoms with van der Waals surface area (Å²) in [6.07, 6.45) is 4.40. The Morgan fingerprint density at radius 3 is 3.12 bits per heavy atom. The molecule has 0 unspecified atom stereocenters. The van der Waals surface area contributed by atoms with E-state index in [4.69, 9.17) is 4.98 Å². The van der Waals surface area contributed by atoms with E-state index in [2.05, 4.69) is 32.8 Å². The summed E-state index contributed by atoms with van der Waals surface area (Å²) in [5.41, 5.74) is 3.70. The molecule has 26 heavy (non-hydrogen) atoms. The summed E-state index contributed by atoms with van der Waals surface area (Å²) in [6.45, 7) is 3.57. The molecule has 5 rings (SSSR count). The number of aromatic nitrogens is 3. The van der Waals surface area contributed by atoms with Crippen LogP contribution in [0.4, 0.5) is 0 Å². The molecule has 0 radical (unpaired) electrons. The zero-order valence-electron chi connectivity index (χ0n) is 14.7. The van der Waals surface area contributed by atoms with Crippen molar-refractivity contribution in [3.8, 4) is 0 Å². The second-order valence-electron chi connectivity index (χ2n) is 7.29. The van der Waals surface area contributed by atoms with E-state index in [0.29, 0.717) is 12.6 Å². The number of thiophene rings is 1. The van der Waals surface area contributed by atoms with Crippen LogP contribution in [0.1, 0.15) is 47.1 Å². The lowest BCUT2D eigenvalue weighted by Crippen LogP contribution is -2.36. The lowest BCUT2D eigenvalue weighted by atomic mass is 10.0.